The summed E-state index contributed by atoms with van der Waals surface area (Å²) in [5.74, 6) is 0.286. The zero-order valence-electron chi connectivity index (χ0n) is 16.8. The van der Waals surface area contributed by atoms with E-state index in [1.165, 1.54) is 0 Å². The number of aromatic carboxylic acids is 1. The van der Waals surface area contributed by atoms with Crippen molar-refractivity contribution in [3.63, 3.8) is 0 Å². The fourth-order valence-corrected chi connectivity index (χ4v) is 3.16. The van der Waals surface area contributed by atoms with E-state index in [4.69, 9.17) is 9.47 Å². The van der Waals surface area contributed by atoms with E-state index in [9.17, 15) is 9.90 Å². The summed E-state index contributed by atoms with van der Waals surface area (Å²) in [7, 11) is 0. The molecule has 0 fully saturated rings. The number of carbonyl (C=O) groups is 1. The summed E-state index contributed by atoms with van der Waals surface area (Å²) in [6.07, 6.45) is 0. The quantitative estimate of drug-likeness (QED) is 0.408. The highest BCUT2D eigenvalue weighted by Crippen LogP contribution is 2.30. The Labute approximate surface area is 180 Å². The molecule has 0 atom stereocenters. The van der Waals surface area contributed by atoms with Crippen LogP contribution in [0.4, 0.5) is 0 Å². The SMILES string of the molecule is O=C(O)c1ccc(-c2ccccc2OCc2ccccc2)nc1COc1ccccc1. The lowest BCUT2D eigenvalue weighted by Gasteiger charge is -2.13. The fourth-order valence-electron chi connectivity index (χ4n) is 3.16. The van der Waals surface area contributed by atoms with Gasteiger partial charge < -0.3 is 14.6 Å². The van der Waals surface area contributed by atoms with Gasteiger partial charge in [-0.15, -0.1) is 0 Å². The van der Waals surface area contributed by atoms with Gasteiger partial charge in [0, 0.05) is 5.56 Å². The summed E-state index contributed by atoms with van der Waals surface area (Å²) in [5.41, 5.74) is 2.94. The molecule has 4 rings (SSSR count). The molecule has 31 heavy (non-hydrogen) atoms. The van der Waals surface area contributed by atoms with Crippen molar-refractivity contribution in [1.82, 2.24) is 4.98 Å². The van der Waals surface area contributed by atoms with Crippen LogP contribution < -0.4 is 9.47 Å². The summed E-state index contributed by atoms with van der Waals surface area (Å²) in [6.45, 7) is 0.474. The van der Waals surface area contributed by atoms with E-state index in [0.717, 1.165) is 11.1 Å². The van der Waals surface area contributed by atoms with Crippen molar-refractivity contribution in [2.75, 3.05) is 0 Å². The molecular formula is C26H21NO4. The van der Waals surface area contributed by atoms with E-state index in [1.807, 2.05) is 84.9 Å². The maximum Gasteiger partial charge on any atom is 0.337 e. The van der Waals surface area contributed by atoms with E-state index < -0.39 is 5.97 Å². The highest BCUT2D eigenvalue weighted by Gasteiger charge is 2.16. The lowest BCUT2D eigenvalue weighted by Crippen LogP contribution is -2.09. The number of carboxylic acid groups (broad SMARTS) is 1. The van der Waals surface area contributed by atoms with Crippen LogP contribution in [0.3, 0.4) is 0 Å². The molecule has 0 saturated heterocycles. The first kappa shape index (κ1) is 20.2. The van der Waals surface area contributed by atoms with Crippen molar-refractivity contribution in [3.05, 3.63) is 114 Å². The molecular weight excluding hydrogens is 390 g/mol. The smallest absolute Gasteiger partial charge is 0.337 e. The third-order valence-electron chi connectivity index (χ3n) is 4.72. The molecule has 1 N–H and O–H groups in total. The zero-order chi connectivity index (χ0) is 21.5. The topological polar surface area (TPSA) is 68.7 Å². The Kier molecular flexibility index (Phi) is 6.24. The molecule has 0 unspecified atom stereocenters. The van der Waals surface area contributed by atoms with Crippen molar-refractivity contribution in [2.45, 2.75) is 13.2 Å². The number of pyridine rings is 1. The van der Waals surface area contributed by atoms with Crippen molar-refractivity contribution < 1.29 is 19.4 Å². The molecule has 0 aliphatic rings. The second-order valence-corrected chi connectivity index (χ2v) is 6.87. The van der Waals surface area contributed by atoms with Gasteiger partial charge in [0.15, 0.2) is 0 Å². The molecule has 0 aliphatic carbocycles. The van der Waals surface area contributed by atoms with Gasteiger partial charge in [0.2, 0.25) is 0 Å². The Bertz CT molecular complexity index is 1160. The van der Waals surface area contributed by atoms with Crippen LogP contribution in [0.15, 0.2) is 97.1 Å². The minimum Gasteiger partial charge on any atom is -0.488 e. The third kappa shape index (κ3) is 5.08. The second-order valence-electron chi connectivity index (χ2n) is 6.87. The van der Waals surface area contributed by atoms with Crippen LogP contribution in [0.5, 0.6) is 11.5 Å². The molecule has 3 aromatic carbocycles. The van der Waals surface area contributed by atoms with Crippen LogP contribution >= 0.6 is 0 Å². The summed E-state index contributed by atoms with van der Waals surface area (Å²) in [5, 5.41) is 9.57. The highest BCUT2D eigenvalue weighted by atomic mass is 16.5. The van der Waals surface area contributed by atoms with E-state index in [1.54, 1.807) is 12.1 Å². The number of ether oxygens (including phenoxy) is 2. The molecule has 0 bridgehead atoms. The lowest BCUT2D eigenvalue weighted by molar-refractivity contribution is 0.0693. The Morgan fingerprint density at radius 3 is 2.16 bits per heavy atom. The summed E-state index contributed by atoms with van der Waals surface area (Å²) >= 11 is 0. The largest absolute Gasteiger partial charge is 0.488 e. The first-order valence-corrected chi connectivity index (χ1v) is 9.88. The van der Waals surface area contributed by atoms with Crippen molar-refractivity contribution >= 4 is 5.97 Å². The minimum absolute atomic E-state index is 0.0481. The van der Waals surface area contributed by atoms with Gasteiger partial charge in [-0.05, 0) is 42.0 Å². The van der Waals surface area contributed by atoms with Crippen molar-refractivity contribution in [3.8, 4) is 22.8 Å². The van der Waals surface area contributed by atoms with Gasteiger partial charge in [-0.1, -0.05) is 60.7 Å². The summed E-state index contributed by atoms with van der Waals surface area (Å²) < 4.78 is 11.8. The van der Waals surface area contributed by atoms with E-state index in [2.05, 4.69) is 4.98 Å². The average Bonchev–Trinajstić information content (AvgIpc) is 2.82. The minimum atomic E-state index is -1.04. The number of benzene rings is 3. The second kappa shape index (κ2) is 9.59. The van der Waals surface area contributed by atoms with Gasteiger partial charge >= 0.3 is 5.97 Å². The van der Waals surface area contributed by atoms with E-state index in [0.29, 0.717) is 29.5 Å². The number of aromatic nitrogens is 1. The number of nitrogens with zero attached hydrogens (tertiary/aromatic N) is 1. The van der Waals surface area contributed by atoms with E-state index in [-0.39, 0.29) is 12.2 Å². The van der Waals surface area contributed by atoms with Crippen LogP contribution in [0.2, 0.25) is 0 Å². The lowest BCUT2D eigenvalue weighted by atomic mass is 10.1. The van der Waals surface area contributed by atoms with Crippen LogP contribution in [-0.2, 0) is 13.2 Å². The highest BCUT2D eigenvalue weighted by molar-refractivity contribution is 5.89. The molecule has 0 spiro atoms. The van der Waals surface area contributed by atoms with Crippen LogP contribution in [0.25, 0.3) is 11.3 Å². The predicted molar refractivity (Wildman–Crippen MR) is 118 cm³/mol. The number of carboxylic acids is 1. The molecule has 0 saturated carbocycles. The Balaban J connectivity index is 1.61. The normalized spacial score (nSPS) is 10.5. The van der Waals surface area contributed by atoms with Gasteiger partial charge in [0.05, 0.1) is 17.0 Å². The Morgan fingerprint density at radius 2 is 1.42 bits per heavy atom. The first-order chi connectivity index (χ1) is 15.2. The number of para-hydroxylation sites is 2. The Morgan fingerprint density at radius 1 is 0.742 bits per heavy atom. The molecule has 0 radical (unpaired) electrons. The van der Waals surface area contributed by atoms with Crippen molar-refractivity contribution in [2.24, 2.45) is 0 Å². The summed E-state index contributed by atoms with van der Waals surface area (Å²) in [4.78, 5) is 16.3. The molecule has 0 amide bonds. The van der Waals surface area contributed by atoms with Crippen molar-refractivity contribution in [1.29, 1.82) is 0 Å². The molecule has 0 aliphatic heterocycles. The predicted octanol–water partition coefficient (Wildman–Crippen LogP) is 5.60. The number of hydrogen-bond acceptors (Lipinski definition) is 4. The molecule has 1 heterocycles. The number of hydrogen-bond donors (Lipinski definition) is 1. The monoisotopic (exact) mass is 411 g/mol. The molecule has 1 aromatic heterocycles. The van der Waals surface area contributed by atoms with Gasteiger partial charge in [-0.3, -0.25) is 0 Å². The molecule has 5 heteroatoms. The van der Waals surface area contributed by atoms with E-state index >= 15 is 0 Å². The van der Waals surface area contributed by atoms with Gasteiger partial charge in [-0.2, -0.15) is 0 Å². The zero-order valence-corrected chi connectivity index (χ0v) is 16.8. The maximum atomic E-state index is 11.7. The standard InChI is InChI=1S/C26H21NO4/c28-26(29)22-15-16-23(27-24(22)18-30-20-11-5-2-6-12-20)21-13-7-8-14-25(21)31-17-19-9-3-1-4-10-19/h1-16H,17-18H2,(H,28,29). The van der Waals surface area contributed by atoms with Crippen LogP contribution in [0, 0.1) is 0 Å². The van der Waals surface area contributed by atoms with Gasteiger partial charge in [-0.25, -0.2) is 9.78 Å². The average molecular weight is 411 g/mol. The summed E-state index contributed by atoms with van der Waals surface area (Å²) in [6, 6.07) is 30.0. The maximum absolute atomic E-state index is 11.7. The van der Waals surface area contributed by atoms with Crippen LogP contribution in [-0.4, -0.2) is 16.1 Å². The van der Waals surface area contributed by atoms with Gasteiger partial charge in [0.1, 0.15) is 24.7 Å². The Hall–Kier alpha value is -4.12. The molecule has 4 aromatic rings. The molecule has 5 nitrogen and oxygen atoms in total. The fraction of sp³-hybridized carbons (Fsp3) is 0.0769. The first-order valence-electron chi connectivity index (χ1n) is 9.88. The third-order valence-corrected chi connectivity index (χ3v) is 4.72. The van der Waals surface area contributed by atoms with Gasteiger partial charge in [0.25, 0.3) is 0 Å². The molecule has 154 valence electrons. The van der Waals surface area contributed by atoms with Crippen LogP contribution in [0.1, 0.15) is 21.6 Å². The number of rotatable bonds is 8.